The molecule has 0 saturated heterocycles. The number of hydrogen-bond donors (Lipinski definition) is 1. The fourth-order valence-electron chi connectivity index (χ4n) is 4.89. The van der Waals surface area contributed by atoms with Crippen LogP contribution in [0.4, 0.5) is 4.79 Å². The van der Waals surface area contributed by atoms with Crippen LogP contribution in [0.3, 0.4) is 0 Å². The van der Waals surface area contributed by atoms with E-state index in [-0.39, 0.29) is 5.41 Å². The van der Waals surface area contributed by atoms with Crippen molar-refractivity contribution < 1.29 is 18.8 Å². The standard InChI is InChI=1S/C33H38N4O4/c1-22(2)32(6,25-14-16-27(17-15-25)39-21-26-9-7-8-20-34-26)24-12-10-23(11-13-24)28-35-29(41-37-28)33(18-19-33)36-30(38)40-31(3,4)5/h7-17,20,22H,18-19,21H2,1-6H3,(H,36,38). The van der Waals surface area contributed by atoms with Crippen molar-refractivity contribution in [2.24, 2.45) is 5.92 Å². The molecule has 1 saturated carbocycles. The molecule has 1 amide bonds. The highest BCUT2D eigenvalue weighted by Crippen LogP contribution is 2.45. The maximum Gasteiger partial charge on any atom is 0.408 e. The lowest BCUT2D eigenvalue weighted by Crippen LogP contribution is -2.39. The van der Waals surface area contributed by atoms with E-state index in [2.05, 4.69) is 65.5 Å². The number of ether oxygens (including phenoxy) is 2. The maximum absolute atomic E-state index is 12.3. The highest BCUT2D eigenvalue weighted by atomic mass is 16.6. The van der Waals surface area contributed by atoms with E-state index in [1.165, 1.54) is 11.1 Å². The third-order valence-electron chi connectivity index (χ3n) is 7.79. The van der Waals surface area contributed by atoms with Crippen LogP contribution in [0.1, 0.15) is 77.1 Å². The summed E-state index contributed by atoms with van der Waals surface area (Å²) in [6.45, 7) is 12.7. The van der Waals surface area contributed by atoms with Gasteiger partial charge in [-0.1, -0.05) is 68.4 Å². The van der Waals surface area contributed by atoms with Crippen LogP contribution in [0.5, 0.6) is 5.75 Å². The lowest BCUT2D eigenvalue weighted by molar-refractivity contribution is 0.0483. The number of rotatable bonds is 9. The molecule has 2 aromatic heterocycles. The summed E-state index contributed by atoms with van der Waals surface area (Å²) in [6, 6.07) is 22.4. The second-order valence-corrected chi connectivity index (χ2v) is 12.2. The zero-order chi connectivity index (χ0) is 29.3. The van der Waals surface area contributed by atoms with Crippen LogP contribution >= 0.6 is 0 Å². The highest BCUT2D eigenvalue weighted by molar-refractivity contribution is 5.69. The Morgan fingerprint density at radius 1 is 0.976 bits per heavy atom. The zero-order valence-electron chi connectivity index (χ0n) is 24.6. The van der Waals surface area contributed by atoms with Crippen LogP contribution in [0.2, 0.25) is 0 Å². The lowest BCUT2D eigenvalue weighted by Gasteiger charge is -2.35. The number of alkyl carbamates (subject to hydrolysis) is 1. The predicted molar refractivity (Wildman–Crippen MR) is 156 cm³/mol. The van der Waals surface area contributed by atoms with Crippen molar-refractivity contribution in [1.29, 1.82) is 0 Å². The number of aromatic nitrogens is 3. The van der Waals surface area contributed by atoms with Crippen molar-refractivity contribution in [3.8, 4) is 17.1 Å². The minimum Gasteiger partial charge on any atom is -0.487 e. The summed E-state index contributed by atoms with van der Waals surface area (Å²) in [7, 11) is 0. The van der Waals surface area contributed by atoms with E-state index < -0.39 is 17.2 Å². The second kappa shape index (κ2) is 11.0. The number of pyridine rings is 1. The smallest absolute Gasteiger partial charge is 0.408 e. The molecule has 1 fully saturated rings. The molecule has 1 aliphatic rings. The fourth-order valence-corrected chi connectivity index (χ4v) is 4.89. The van der Waals surface area contributed by atoms with E-state index in [4.69, 9.17) is 14.0 Å². The zero-order valence-corrected chi connectivity index (χ0v) is 24.6. The average Bonchev–Trinajstić information content (AvgIpc) is 3.54. The normalized spacial score (nSPS) is 15.7. The van der Waals surface area contributed by atoms with Gasteiger partial charge in [-0.2, -0.15) is 4.98 Å². The van der Waals surface area contributed by atoms with Gasteiger partial charge >= 0.3 is 6.09 Å². The molecular weight excluding hydrogens is 516 g/mol. The van der Waals surface area contributed by atoms with Crippen LogP contribution in [-0.2, 0) is 22.3 Å². The minimum atomic E-state index is -0.656. The van der Waals surface area contributed by atoms with Gasteiger partial charge in [0.05, 0.1) is 5.69 Å². The van der Waals surface area contributed by atoms with Crippen molar-refractivity contribution in [3.63, 3.8) is 0 Å². The second-order valence-electron chi connectivity index (χ2n) is 12.2. The van der Waals surface area contributed by atoms with Crippen molar-refractivity contribution in [1.82, 2.24) is 20.4 Å². The number of carbonyl (C=O) groups excluding carboxylic acids is 1. The Hall–Kier alpha value is -4.20. The van der Waals surface area contributed by atoms with Crippen molar-refractivity contribution in [2.75, 3.05) is 0 Å². The Bertz CT molecular complexity index is 1470. The first-order chi connectivity index (χ1) is 19.5. The van der Waals surface area contributed by atoms with Gasteiger partial charge in [0.1, 0.15) is 23.5 Å². The molecule has 5 rings (SSSR count). The monoisotopic (exact) mass is 554 g/mol. The number of amides is 1. The molecule has 0 radical (unpaired) electrons. The molecule has 8 heteroatoms. The molecule has 8 nitrogen and oxygen atoms in total. The molecular formula is C33H38N4O4. The van der Waals surface area contributed by atoms with E-state index in [1.807, 2.05) is 63.2 Å². The first kappa shape index (κ1) is 28.3. The summed E-state index contributed by atoms with van der Waals surface area (Å²) in [5.74, 6) is 2.03. The van der Waals surface area contributed by atoms with Gasteiger partial charge in [-0.25, -0.2) is 4.79 Å². The minimum absolute atomic E-state index is 0.226. The van der Waals surface area contributed by atoms with Gasteiger partial charge in [0, 0.05) is 17.2 Å². The van der Waals surface area contributed by atoms with Crippen LogP contribution in [0.15, 0.2) is 77.4 Å². The molecule has 1 N–H and O–H groups in total. The molecule has 0 bridgehead atoms. The largest absolute Gasteiger partial charge is 0.487 e. The number of nitrogens with one attached hydrogen (secondary N) is 1. The first-order valence-electron chi connectivity index (χ1n) is 14.1. The molecule has 41 heavy (non-hydrogen) atoms. The van der Waals surface area contributed by atoms with Gasteiger partial charge in [-0.05, 0) is 74.9 Å². The number of nitrogens with zero attached hydrogens (tertiary/aromatic N) is 3. The topological polar surface area (TPSA) is 99.4 Å². The molecule has 4 aromatic rings. The van der Waals surface area contributed by atoms with Crippen LogP contribution in [-0.4, -0.2) is 26.8 Å². The summed E-state index contributed by atoms with van der Waals surface area (Å²) < 4.78 is 17.0. The quantitative estimate of drug-likeness (QED) is 0.234. The van der Waals surface area contributed by atoms with Gasteiger partial charge in [0.2, 0.25) is 5.82 Å². The van der Waals surface area contributed by atoms with E-state index in [0.717, 1.165) is 29.8 Å². The van der Waals surface area contributed by atoms with Crippen LogP contribution in [0, 0.1) is 5.92 Å². The van der Waals surface area contributed by atoms with Crippen molar-refractivity contribution >= 4 is 6.09 Å². The third-order valence-corrected chi connectivity index (χ3v) is 7.79. The fraction of sp³-hybridized carbons (Fsp3) is 0.394. The Morgan fingerprint density at radius 2 is 1.63 bits per heavy atom. The summed E-state index contributed by atoms with van der Waals surface area (Å²) in [5.41, 5.74) is 2.67. The van der Waals surface area contributed by atoms with Crippen LogP contribution in [0.25, 0.3) is 11.4 Å². The van der Waals surface area contributed by atoms with Crippen molar-refractivity contribution in [2.45, 2.75) is 77.5 Å². The highest BCUT2D eigenvalue weighted by Gasteiger charge is 2.51. The average molecular weight is 555 g/mol. The Labute approximate surface area is 241 Å². The van der Waals surface area contributed by atoms with E-state index in [1.54, 1.807) is 6.20 Å². The van der Waals surface area contributed by atoms with Gasteiger partial charge in [-0.15, -0.1) is 0 Å². The summed E-state index contributed by atoms with van der Waals surface area (Å²) in [4.78, 5) is 21.3. The first-order valence-corrected chi connectivity index (χ1v) is 14.1. The number of carbonyl (C=O) groups is 1. The van der Waals surface area contributed by atoms with Gasteiger partial charge in [0.15, 0.2) is 0 Å². The SMILES string of the molecule is CC(C)C(C)(c1ccc(OCc2ccccn2)cc1)c1ccc(-c2noc(C3(NC(=O)OC(C)(C)C)CC3)n2)cc1. The number of benzene rings is 2. The maximum atomic E-state index is 12.3. The predicted octanol–water partition coefficient (Wildman–Crippen LogP) is 7.19. The van der Waals surface area contributed by atoms with Gasteiger partial charge < -0.3 is 19.3 Å². The van der Waals surface area contributed by atoms with Crippen molar-refractivity contribution in [3.05, 3.63) is 95.6 Å². The Kier molecular flexibility index (Phi) is 7.60. The third kappa shape index (κ3) is 6.26. The number of hydrogen-bond acceptors (Lipinski definition) is 7. The summed E-state index contributed by atoms with van der Waals surface area (Å²) in [5, 5.41) is 7.13. The lowest BCUT2D eigenvalue weighted by atomic mass is 9.68. The molecule has 0 spiro atoms. The Morgan fingerprint density at radius 3 is 2.20 bits per heavy atom. The Balaban J connectivity index is 1.30. The van der Waals surface area contributed by atoms with E-state index in [9.17, 15) is 4.79 Å². The van der Waals surface area contributed by atoms with Gasteiger partial charge in [-0.3, -0.25) is 4.98 Å². The summed E-state index contributed by atoms with van der Waals surface area (Å²) in [6.07, 6.45) is 2.74. The van der Waals surface area contributed by atoms with E-state index in [0.29, 0.717) is 24.2 Å². The molecule has 2 heterocycles. The molecule has 1 atom stereocenters. The summed E-state index contributed by atoms with van der Waals surface area (Å²) >= 11 is 0. The molecule has 0 aliphatic heterocycles. The molecule has 1 aliphatic carbocycles. The van der Waals surface area contributed by atoms with Crippen LogP contribution < -0.4 is 10.1 Å². The molecule has 2 aromatic carbocycles. The molecule has 1 unspecified atom stereocenters. The van der Waals surface area contributed by atoms with Gasteiger partial charge in [0.25, 0.3) is 5.89 Å². The molecule has 214 valence electrons. The van der Waals surface area contributed by atoms with E-state index >= 15 is 0 Å².